The maximum Gasteiger partial charge on any atom is 0.490 e. The summed E-state index contributed by atoms with van der Waals surface area (Å²) in [5.41, 5.74) is -2.01. The first-order valence-electron chi connectivity index (χ1n) is 7.32. The SMILES string of the molecule is O=c1[nH]c(=O)n([C@@H]2O[C@H](COP(=O)(O)OP(=O)(O)OP(=O)(O)O)[C@@H](O)[C@H]2O)cc1Cl. The van der Waals surface area contributed by atoms with E-state index in [-0.39, 0.29) is 0 Å². The van der Waals surface area contributed by atoms with E-state index >= 15 is 0 Å². The number of H-pyrrole nitrogens is 1. The minimum absolute atomic E-state index is 0.461. The van der Waals surface area contributed by atoms with E-state index in [2.05, 4.69) is 13.1 Å². The predicted octanol–water partition coefficient (Wildman–Crippen LogP) is -1.85. The quantitative estimate of drug-likeness (QED) is 0.186. The fourth-order valence-electron chi connectivity index (χ4n) is 2.22. The van der Waals surface area contributed by atoms with Crippen LogP contribution in [0.25, 0.3) is 0 Å². The van der Waals surface area contributed by atoms with Gasteiger partial charge in [-0.05, 0) is 0 Å². The Morgan fingerprint density at radius 3 is 2.23 bits per heavy atom. The number of hydrogen-bond acceptors (Lipinski definition) is 11. The van der Waals surface area contributed by atoms with Gasteiger partial charge < -0.3 is 34.5 Å². The monoisotopic (exact) mass is 518 g/mol. The zero-order valence-electron chi connectivity index (χ0n) is 14.1. The Bertz CT molecular complexity index is 1050. The fourth-order valence-corrected chi connectivity index (χ4v) is 5.40. The van der Waals surface area contributed by atoms with E-state index in [1.807, 2.05) is 4.98 Å². The highest BCUT2D eigenvalue weighted by atomic mass is 35.5. The molecular weight excluding hydrogens is 504 g/mol. The van der Waals surface area contributed by atoms with Crippen molar-refractivity contribution in [1.29, 1.82) is 0 Å². The lowest BCUT2D eigenvalue weighted by atomic mass is 10.1. The molecule has 1 saturated heterocycles. The lowest BCUT2D eigenvalue weighted by Gasteiger charge is -2.19. The molecule has 0 spiro atoms. The van der Waals surface area contributed by atoms with E-state index in [9.17, 15) is 38.4 Å². The van der Waals surface area contributed by atoms with E-state index in [1.165, 1.54) is 0 Å². The maximum atomic E-state index is 11.8. The predicted molar refractivity (Wildman–Crippen MR) is 92.1 cm³/mol. The van der Waals surface area contributed by atoms with Crippen LogP contribution < -0.4 is 11.2 Å². The second-order valence-electron chi connectivity index (χ2n) is 5.58. The van der Waals surface area contributed by atoms with E-state index < -0.39 is 70.9 Å². The molecule has 1 aromatic heterocycles. The van der Waals surface area contributed by atoms with E-state index in [0.717, 1.165) is 6.20 Å². The molecule has 0 amide bonds. The van der Waals surface area contributed by atoms with Gasteiger partial charge >= 0.3 is 29.2 Å². The van der Waals surface area contributed by atoms with Crippen LogP contribution in [0.1, 0.15) is 6.23 Å². The van der Waals surface area contributed by atoms with E-state index in [1.54, 1.807) is 0 Å². The van der Waals surface area contributed by atoms with Crippen molar-refractivity contribution in [2.24, 2.45) is 0 Å². The van der Waals surface area contributed by atoms with Gasteiger partial charge in [-0.25, -0.2) is 18.5 Å². The Balaban J connectivity index is 2.09. The lowest BCUT2D eigenvalue weighted by Crippen LogP contribution is -2.38. The van der Waals surface area contributed by atoms with Crippen LogP contribution in [0.5, 0.6) is 0 Å². The fraction of sp³-hybridized carbons (Fsp3) is 0.556. The van der Waals surface area contributed by atoms with Crippen LogP contribution >= 0.6 is 35.1 Å². The molecule has 2 unspecified atom stereocenters. The number of halogens is 1. The van der Waals surface area contributed by atoms with Gasteiger partial charge in [-0.1, -0.05) is 11.6 Å². The number of hydrogen-bond donors (Lipinski definition) is 7. The number of phosphoric ester groups is 1. The highest BCUT2D eigenvalue weighted by molar-refractivity contribution is 7.66. The topological polar surface area (TPSA) is 264 Å². The van der Waals surface area contributed by atoms with Crippen molar-refractivity contribution in [3.05, 3.63) is 32.1 Å². The third-order valence-corrected chi connectivity index (χ3v) is 7.43. The third-order valence-electron chi connectivity index (χ3n) is 3.35. The van der Waals surface area contributed by atoms with Gasteiger partial charge in [0.05, 0.1) is 6.61 Å². The molecule has 17 nitrogen and oxygen atoms in total. The van der Waals surface area contributed by atoms with Crippen LogP contribution in [-0.2, 0) is 31.6 Å². The molecule has 0 aromatic carbocycles. The molecule has 30 heavy (non-hydrogen) atoms. The smallest absolute Gasteiger partial charge is 0.387 e. The van der Waals surface area contributed by atoms with Gasteiger partial charge in [0.25, 0.3) is 5.56 Å². The summed E-state index contributed by atoms with van der Waals surface area (Å²) in [5.74, 6) is 0. The second kappa shape index (κ2) is 9.02. The standard InChI is InChI=1S/C9H14ClN2O15P3/c10-3-1-12(9(16)11-7(3)15)8-6(14)5(13)4(25-8)2-24-29(20,21)27-30(22,23)26-28(17,18)19/h1,4-6,8,13-14H,2H2,(H,20,21)(H,22,23)(H,11,15,16)(H2,17,18,19)/t4-,5-,6-,8-/m1/s1. The Labute approximate surface area is 169 Å². The normalized spacial score (nSPS) is 28.8. The van der Waals surface area contributed by atoms with E-state index in [4.69, 9.17) is 31.0 Å². The van der Waals surface area contributed by atoms with Crippen molar-refractivity contribution < 1.29 is 61.4 Å². The first-order chi connectivity index (χ1) is 13.5. The summed E-state index contributed by atoms with van der Waals surface area (Å²) < 4.78 is 50.5. The van der Waals surface area contributed by atoms with Crippen LogP contribution in [0, 0.1) is 0 Å². The van der Waals surface area contributed by atoms with Crippen LogP contribution in [0.3, 0.4) is 0 Å². The summed E-state index contributed by atoms with van der Waals surface area (Å²) in [4.78, 5) is 60.2. The molecular formula is C9H14ClN2O15P3. The average molecular weight is 519 g/mol. The number of rotatable bonds is 8. The summed E-state index contributed by atoms with van der Waals surface area (Å²) in [7, 11) is -16.8. The van der Waals surface area contributed by atoms with Gasteiger partial charge in [-0.3, -0.25) is 18.9 Å². The number of phosphoric acid groups is 3. The third kappa shape index (κ3) is 6.63. The minimum Gasteiger partial charge on any atom is -0.387 e. The molecule has 2 rings (SSSR count). The maximum absolute atomic E-state index is 11.8. The highest BCUT2D eigenvalue weighted by Gasteiger charge is 2.46. The molecule has 21 heteroatoms. The minimum atomic E-state index is -5.75. The van der Waals surface area contributed by atoms with Gasteiger partial charge in [0, 0.05) is 6.20 Å². The zero-order chi connectivity index (χ0) is 23.1. The Morgan fingerprint density at radius 2 is 1.67 bits per heavy atom. The highest BCUT2D eigenvalue weighted by Crippen LogP contribution is 2.66. The van der Waals surface area contributed by atoms with Crippen molar-refractivity contribution in [1.82, 2.24) is 9.55 Å². The van der Waals surface area contributed by atoms with Gasteiger partial charge in [0.1, 0.15) is 23.3 Å². The molecule has 0 saturated carbocycles. The van der Waals surface area contributed by atoms with Gasteiger partial charge in [-0.2, -0.15) is 8.62 Å². The van der Waals surface area contributed by atoms with Gasteiger partial charge in [-0.15, -0.1) is 0 Å². The first kappa shape index (κ1) is 25.5. The van der Waals surface area contributed by atoms with Crippen LogP contribution in [0.4, 0.5) is 0 Å². The number of aliphatic hydroxyl groups excluding tert-OH is 2. The van der Waals surface area contributed by atoms with Gasteiger partial charge in [0.15, 0.2) is 6.23 Å². The lowest BCUT2D eigenvalue weighted by molar-refractivity contribution is -0.0542. The van der Waals surface area contributed by atoms with Crippen molar-refractivity contribution in [3.8, 4) is 0 Å². The Hall–Kier alpha value is -0.740. The number of aromatic nitrogens is 2. The molecule has 1 fully saturated rings. The summed E-state index contributed by atoms with van der Waals surface area (Å²) >= 11 is 5.58. The number of aliphatic hydroxyl groups is 2. The van der Waals surface area contributed by atoms with Gasteiger partial charge in [0.2, 0.25) is 0 Å². The molecule has 0 bridgehead atoms. The van der Waals surface area contributed by atoms with Crippen LogP contribution in [0.2, 0.25) is 5.02 Å². The summed E-state index contributed by atoms with van der Waals surface area (Å²) in [6.45, 7) is -1.08. The molecule has 0 radical (unpaired) electrons. The number of ether oxygens (including phenoxy) is 1. The molecule has 6 atom stereocenters. The molecule has 1 aromatic rings. The largest absolute Gasteiger partial charge is 0.490 e. The summed E-state index contributed by atoms with van der Waals surface area (Å²) in [6.07, 6.45) is -6.10. The molecule has 0 aliphatic carbocycles. The summed E-state index contributed by atoms with van der Waals surface area (Å²) in [6, 6.07) is 0. The van der Waals surface area contributed by atoms with Crippen molar-refractivity contribution in [2.75, 3.05) is 6.61 Å². The number of nitrogens with one attached hydrogen (secondary N) is 1. The summed E-state index contributed by atoms with van der Waals surface area (Å²) in [5, 5.41) is 19.5. The van der Waals surface area contributed by atoms with Crippen LogP contribution in [0.15, 0.2) is 15.8 Å². The number of nitrogens with zero attached hydrogens (tertiary/aromatic N) is 1. The van der Waals surface area contributed by atoms with Crippen molar-refractivity contribution in [3.63, 3.8) is 0 Å². The van der Waals surface area contributed by atoms with E-state index in [0.29, 0.717) is 4.57 Å². The van der Waals surface area contributed by atoms with Crippen LogP contribution in [-0.4, -0.2) is 64.3 Å². The number of aromatic amines is 1. The van der Waals surface area contributed by atoms with Crippen molar-refractivity contribution >= 4 is 35.1 Å². The Morgan fingerprint density at radius 1 is 1.07 bits per heavy atom. The zero-order valence-corrected chi connectivity index (χ0v) is 17.6. The molecule has 172 valence electrons. The first-order valence-corrected chi connectivity index (χ1v) is 12.2. The second-order valence-corrected chi connectivity index (χ2v) is 10.4. The molecule has 1 aliphatic rings. The molecule has 2 heterocycles. The van der Waals surface area contributed by atoms with Crippen molar-refractivity contribution in [2.45, 2.75) is 24.5 Å². The Kier molecular flexibility index (Phi) is 7.67. The average Bonchev–Trinajstić information content (AvgIpc) is 2.81. The molecule has 7 N–H and O–H groups in total. The molecule has 1 aliphatic heterocycles.